The number of likely N-dealkylation sites (N-methyl/N-ethyl adjacent to an activating group) is 1. The summed E-state index contributed by atoms with van der Waals surface area (Å²) in [5.41, 5.74) is 1.12. The maximum absolute atomic E-state index is 11.9. The van der Waals surface area contributed by atoms with Crippen molar-refractivity contribution in [1.82, 2.24) is 15.5 Å². The van der Waals surface area contributed by atoms with E-state index in [9.17, 15) is 9.90 Å². The number of benzene rings is 1. The molecular formula is C16H25N3O2. The minimum atomic E-state index is -0.169. The molecule has 3 N–H and O–H groups in total. The van der Waals surface area contributed by atoms with Crippen LogP contribution >= 0.6 is 0 Å². The molecule has 1 aromatic carbocycles. The third kappa shape index (κ3) is 4.44. The predicted molar refractivity (Wildman–Crippen MR) is 83.0 cm³/mol. The van der Waals surface area contributed by atoms with Crippen molar-refractivity contribution in [1.29, 1.82) is 0 Å². The lowest BCUT2D eigenvalue weighted by Crippen LogP contribution is -2.42. The number of carbonyl (C=O) groups excluding carboxylic acids is 1. The van der Waals surface area contributed by atoms with Crippen LogP contribution in [0.15, 0.2) is 30.3 Å². The van der Waals surface area contributed by atoms with E-state index >= 15 is 0 Å². The monoisotopic (exact) mass is 291 g/mol. The summed E-state index contributed by atoms with van der Waals surface area (Å²) in [5, 5.41) is 15.0. The fraction of sp³-hybridized carbons (Fsp3) is 0.562. The number of nitrogens with one attached hydrogen (secondary N) is 2. The molecule has 1 atom stereocenters. The Hall–Kier alpha value is -1.59. The van der Waals surface area contributed by atoms with Gasteiger partial charge in [-0.1, -0.05) is 30.3 Å². The molecule has 116 valence electrons. The van der Waals surface area contributed by atoms with Gasteiger partial charge in [-0.3, -0.25) is 0 Å². The van der Waals surface area contributed by atoms with E-state index in [1.54, 1.807) is 0 Å². The summed E-state index contributed by atoms with van der Waals surface area (Å²) in [7, 11) is 4.00. The molecule has 1 saturated carbocycles. The van der Waals surface area contributed by atoms with Crippen LogP contribution in [0.3, 0.4) is 0 Å². The molecule has 1 aliphatic carbocycles. The van der Waals surface area contributed by atoms with Crippen LogP contribution in [-0.2, 0) is 0 Å². The van der Waals surface area contributed by atoms with Crippen LogP contribution in [0.5, 0.6) is 0 Å². The summed E-state index contributed by atoms with van der Waals surface area (Å²) in [6, 6.07) is 10.1. The van der Waals surface area contributed by atoms with E-state index in [2.05, 4.69) is 27.7 Å². The standard InChI is InChI=1S/C16H25N3O2/c1-19(2)14(13-6-4-3-5-7-13)10-17-15(21)18-11-16(12-20)8-9-16/h3-7,14,20H,8-12H2,1-2H3,(H2,17,18,21). The van der Waals surface area contributed by atoms with E-state index < -0.39 is 0 Å². The lowest BCUT2D eigenvalue weighted by Gasteiger charge is -2.25. The van der Waals surface area contributed by atoms with Crippen LogP contribution < -0.4 is 10.6 Å². The normalized spacial score (nSPS) is 17.3. The lowest BCUT2D eigenvalue weighted by atomic mass is 10.1. The number of hydrogen-bond acceptors (Lipinski definition) is 3. The molecule has 0 aromatic heterocycles. The van der Waals surface area contributed by atoms with E-state index in [0.29, 0.717) is 13.1 Å². The van der Waals surface area contributed by atoms with Crippen LogP contribution in [0.25, 0.3) is 0 Å². The van der Waals surface area contributed by atoms with Gasteiger partial charge >= 0.3 is 6.03 Å². The van der Waals surface area contributed by atoms with Crippen LogP contribution in [0.1, 0.15) is 24.4 Å². The van der Waals surface area contributed by atoms with E-state index in [0.717, 1.165) is 12.8 Å². The number of rotatable bonds is 7. The third-order valence-corrected chi connectivity index (χ3v) is 4.18. The van der Waals surface area contributed by atoms with Crippen LogP contribution in [-0.4, -0.2) is 49.8 Å². The second-order valence-electron chi connectivity index (χ2n) is 6.11. The molecule has 5 heteroatoms. The van der Waals surface area contributed by atoms with Gasteiger partial charge in [0.25, 0.3) is 0 Å². The van der Waals surface area contributed by atoms with Gasteiger partial charge in [0.15, 0.2) is 0 Å². The zero-order valence-electron chi connectivity index (χ0n) is 12.8. The minimum Gasteiger partial charge on any atom is -0.396 e. The highest BCUT2D eigenvalue weighted by molar-refractivity contribution is 5.74. The van der Waals surface area contributed by atoms with Crippen molar-refractivity contribution in [2.75, 3.05) is 33.8 Å². The number of urea groups is 1. The van der Waals surface area contributed by atoms with Crippen molar-refractivity contribution in [3.63, 3.8) is 0 Å². The zero-order chi connectivity index (χ0) is 15.3. The molecule has 0 heterocycles. The SMILES string of the molecule is CN(C)C(CNC(=O)NCC1(CO)CC1)c1ccccc1. The van der Waals surface area contributed by atoms with Crippen LogP contribution in [0, 0.1) is 5.41 Å². The Labute approximate surface area is 126 Å². The maximum atomic E-state index is 11.9. The van der Waals surface area contributed by atoms with Gasteiger partial charge in [-0.15, -0.1) is 0 Å². The van der Waals surface area contributed by atoms with Gasteiger partial charge in [-0.05, 0) is 32.5 Å². The quantitative estimate of drug-likeness (QED) is 0.711. The molecule has 0 saturated heterocycles. The second kappa shape index (κ2) is 6.91. The minimum absolute atomic E-state index is 0.0578. The molecule has 1 unspecified atom stereocenters. The summed E-state index contributed by atoms with van der Waals surface area (Å²) >= 11 is 0. The number of aliphatic hydroxyl groups is 1. The number of carbonyl (C=O) groups is 1. The summed E-state index contributed by atoms with van der Waals surface area (Å²) in [6.07, 6.45) is 1.99. The summed E-state index contributed by atoms with van der Waals surface area (Å²) < 4.78 is 0. The topological polar surface area (TPSA) is 64.6 Å². The maximum Gasteiger partial charge on any atom is 0.314 e. The molecule has 1 fully saturated rings. The van der Waals surface area contributed by atoms with Gasteiger partial charge < -0.3 is 20.6 Å². The fourth-order valence-electron chi connectivity index (χ4n) is 2.36. The average molecular weight is 291 g/mol. The first-order chi connectivity index (χ1) is 10.1. The van der Waals surface area contributed by atoms with E-state index in [1.807, 2.05) is 32.3 Å². The third-order valence-electron chi connectivity index (χ3n) is 4.18. The van der Waals surface area contributed by atoms with Crippen LogP contribution in [0.2, 0.25) is 0 Å². The van der Waals surface area contributed by atoms with Gasteiger partial charge in [-0.2, -0.15) is 0 Å². The summed E-state index contributed by atoms with van der Waals surface area (Å²) in [4.78, 5) is 14.0. The van der Waals surface area contributed by atoms with Crippen LogP contribution in [0.4, 0.5) is 4.79 Å². The molecule has 0 bridgehead atoms. The Balaban J connectivity index is 1.80. The molecule has 2 rings (SSSR count). The molecule has 1 aromatic rings. The molecule has 1 aliphatic rings. The lowest BCUT2D eigenvalue weighted by molar-refractivity contribution is 0.201. The number of nitrogens with zero attached hydrogens (tertiary/aromatic N) is 1. The molecule has 2 amide bonds. The summed E-state index contributed by atoms with van der Waals surface area (Å²) in [5.74, 6) is 0. The van der Waals surface area contributed by atoms with E-state index in [1.165, 1.54) is 5.56 Å². The Morgan fingerprint density at radius 1 is 1.29 bits per heavy atom. The van der Waals surface area contributed by atoms with Crippen molar-refractivity contribution >= 4 is 6.03 Å². The van der Waals surface area contributed by atoms with Crippen molar-refractivity contribution in [2.45, 2.75) is 18.9 Å². The molecule has 21 heavy (non-hydrogen) atoms. The molecule has 0 radical (unpaired) electrons. The average Bonchev–Trinajstić information content (AvgIpc) is 3.27. The second-order valence-corrected chi connectivity index (χ2v) is 6.11. The summed E-state index contributed by atoms with van der Waals surface area (Å²) in [6.45, 7) is 1.25. The van der Waals surface area contributed by atoms with Gasteiger partial charge in [-0.25, -0.2) is 4.79 Å². The molecule has 5 nitrogen and oxygen atoms in total. The van der Waals surface area contributed by atoms with Gasteiger partial charge in [0, 0.05) is 18.5 Å². The van der Waals surface area contributed by atoms with Gasteiger partial charge in [0.2, 0.25) is 0 Å². The largest absolute Gasteiger partial charge is 0.396 e. The van der Waals surface area contributed by atoms with Crippen molar-refractivity contribution < 1.29 is 9.90 Å². The van der Waals surface area contributed by atoms with Crippen molar-refractivity contribution in [3.05, 3.63) is 35.9 Å². The first-order valence-electron chi connectivity index (χ1n) is 7.40. The highest BCUT2D eigenvalue weighted by atomic mass is 16.3. The Bertz CT molecular complexity index is 458. The first kappa shape index (κ1) is 15.8. The number of hydrogen-bond donors (Lipinski definition) is 3. The number of aliphatic hydroxyl groups excluding tert-OH is 1. The van der Waals surface area contributed by atoms with Crippen molar-refractivity contribution in [2.24, 2.45) is 5.41 Å². The molecular weight excluding hydrogens is 266 g/mol. The fourth-order valence-corrected chi connectivity index (χ4v) is 2.36. The Morgan fingerprint density at radius 2 is 1.95 bits per heavy atom. The smallest absolute Gasteiger partial charge is 0.314 e. The van der Waals surface area contributed by atoms with E-state index in [4.69, 9.17) is 0 Å². The van der Waals surface area contributed by atoms with Gasteiger partial charge in [0.1, 0.15) is 0 Å². The highest BCUT2D eigenvalue weighted by Gasteiger charge is 2.42. The Kier molecular flexibility index (Phi) is 5.20. The first-order valence-corrected chi connectivity index (χ1v) is 7.40. The zero-order valence-corrected chi connectivity index (χ0v) is 12.8. The predicted octanol–water partition coefficient (Wildman–Crippen LogP) is 1.36. The van der Waals surface area contributed by atoms with Crippen molar-refractivity contribution in [3.8, 4) is 0 Å². The number of amides is 2. The highest BCUT2D eigenvalue weighted by Crippen LogP contribution is 2.44. The van der Waals surface area contributed by atoms with E-state index in [-0.39, 0.29) is 24.1 Å². The Morgan fingerprint density at radius 3 is 2.48 bits per heavy atom. The van der Waals surface area contributed by atoms with Gasteiger partial charge in [0.05, 0.1) is 12.6 Å². The molecule has 0 spiro atoms. The molecule has 0 aliphatic heterocycles.